The van der Waals surface area contributed by atoms with Crippen LogP contribution in [-0.4, -0.2) is 7.11 Å². The summed E-state index contributed by atoms with van der Waals surface area (Å²) in [6.07, 6.45) is 0.311. The number of rotatable bonds is 4. The number of benzene rings is 2. The van der Waals surface area contributed by atoms with Gasteiger partial charge in [-0.25, -0.2) is 4.39 Å². The maximum atomic E-state index is 13.9. The first-order chi connectivity index (χ1) is 9.44. The Kier molecular flexibility index (Phi) is 4.31. The van der Waals surface area contributed by atoms with E-state index in [2.05, 4.69) is 0 Å². The van der Waals surface area contributed by atoms with Gasteiger partial charge in [0, 0.05) is 16.1 Å². The highest BCUT2D eigenvalue weighted by Crippen LogP contribution is 2.29. The molecule has 0 saturated carbocycles. The third-order valence-corrected chi connectivity index (χ3v) is 3.69. The van der Waals surface area contributed by atoms with Crippen LogP contribution in [0, 0.1) is 5.82 Å². The summed E-state index contributed by atoms with van der Waals surface area (Å²) in [5.74, 6) is 0.385. The van der Waals surface area contributed by atoms with Gasteiger partial charge in [-0.15, -0.1) is 0 Å². The number of halogens is 2. The highest BCUT2D eigenvalue weighted by molar-refractivity contribution is 6.31. The van der Waals surface area contributed by atoms with Gasteiger partial charge in [-0.2, -0.15) is 0 Å². The van der Waals surface area contributed by atoms with Crippen LogP contribution in [0.4, 0.5) is 4.39 Å². The topological polar surface area (TPSA) is 35.2 Å². The summed E-state index contributed by atoms with van der Waals surface area (Å²) in [6, 6.07) is 12.1. The Bertz CT molecular complexity index is 593. The monoisotopic (exact) mass is 293 g/mol. The van der Waals surface area contributed by atoms with Gasteiger partial charge < -0.3 is 10.5 Å². The molecule has 1 unspecified atom stereocenters. The summed E-state index contributed by atoms with van der Waals surface area (Å²) in [5, 5.41) is 0.393. The highest BCUT2D eigenvalue weighted by Gasteiger charge is 2.25. The summed E-state index contributed by atoms with van der Waals surface area (Å²) in [5.41, 5.74) is 6.92. The quantitative estimate of drug-likeness (QED) is 0.928. The van der Waals surface area contributed by atoms with E-state index in [1.54, 1.807) is 19.2 Å². The molecule has 2 aromatic rings. The molecule has 0 aliphatic heterocycles. The fourth-order valence-electron chi connectivity index (χ4n) is 2.15. The number of hydrogen-bond donors (Lipinski definition) is 1. The Morgan fingerprint density at radius 2 is 1.95 bits per heavy atom. The van der Waals surface area contributed by atoms with Crippen molar-refractivity contribution in [2.24, 2.45) is 5.73 Å². The van der Waals surface area contributed by atoms with Crippen molar-refractivity contribution in [3.05, 3.63) is 64.4 Å². The van der Waals surface area contributed by atoms with Gasteiger partial charge in [-0.05, 0) is 43.2 Å². The molecule has 0 fully saturated rings. The first kappa shape index (κ1) is 14.8. The molecule has 0 saturated heterocycles. The van der Waals surface area contributed by atoms with Crippen molar-refractivity contribution in [1.82, 2.24) is 0 Å². The van der Waals surface area contributed by atoms with Crippen molar-refractivity contribution in [3.8, 4) is 5.75 Å². The van der Waals surface area contributed by atoms with Crippen LogP contribution < -0.4 is 10.5 Å². The average molecular weight is 294 g/mol. The van der Waals surface area contributed by atoms with Crippen molar-refractivity contribution in [3.63, 3.8) is 0 Å². The van der Waals surface area contributed by atoms with E-state index in [1.807, 2.05) is 31.2 Å². The van der Waals surface area contributed by atoms with E-state index >= 15 is 0 Å². The van der Waals surface area contributed by atoms with Crippen LogP contribution >= 0.6 is 11.6 Å². The molecule has 106 valence electrons. The summed E-state index contributed by atoms with van der Waals surface area (Å²) < 4.78 is 19.1. The van der Waals surface area contributed by atoms with Crippen LogP contribution in [-0.2, 0) is 12.0 Å². The maximum Gasteiger partial charge on any atom is 0.127 e. The third kappa shape index (κ3) is 3.11. The van der Waals surface area contributed by atoms with Gasteiger partial charge >= 0.3 is 0 Å². The molecule has 2 N–H and O–H groups in total. The number of methoxy groups -OCH3 is 1. The molecular formula is C16H17ClFNO. The Morgan fingerprint density at radius 1 is 1.25 bits per heavy atom. The van der Waals surface area contributed by atoms with Crippen LogP contribution in [0.25, 0.3) is 0 Å². The zero-order chi connectivity index (χ0) is 14.8. The predicted molar refractivity (Wildman–Crippen MR) is 79.6 cm³/mol. The molecule has 0 bridgehead atoms. The van der Waals surface area contributed by atoms with Gasteiger partial charge in [0.2, 0.25) is 0 Å². The van der Waals surface area contributed by atoms with Gasteiger partial charge in [-0.3, -0.25) is 0 Å². The van der Waals surface area contributed by atoms with Gasteiger partial charge in [0.1, 0.15) is 11.6 Å². The molecule has 0 aromatic heterocycles. The molecule has 1 atom stereocenters. The Labute approximate surface area is 123 Å². The van der Waals surface area contributed by atoms with Crippen molar-refractivity contribution in [1.29, 1.82) is 0 Å². The molecule has 20 heavy (non-hydrogen) atoms. The van der Waals surface area contributed by atoms with E-state index in [0.717, 1.165) is 11.3 Å². The molecule has 0 aliphatic rings. The second-order valence-corrected chi connectivity index (χ2v) is 5.43. The lowest BCUT2D eigenvalue weighted by Gasteiger charge is -2.26. The summed E-state index contributed by atoms with van der Waals surface area (Å²) in [4.78, 5) is 0. The fraction of sp³-hybridized carbons (Fsp3) is 0.250. The summed E-state index contributed by atoms with van der Waals surface area (Å²) >= 11 is 6.06. The van der Waals surface area contributed by atoms with Crippen molar-refractivity contribution in [2.45, 2.75) is 18.9 Å². The molecule has 2 nitrogen and oxygen atoms in total. The average Bonchev–Trinajstić information content (AvgIpc) is 2.43. The minimum atomic E-state index is -0.736. The third-order valence-electron chi connectivity index (χ3n) is 3.33. The number of hydrogen-bond acceptors (Lipinski definition) is 2. The van der Waals surface area contributed by atoms with E-state index in [-0.39, 0.29) is 5.82 Å². The van der Waals surface area contributed by atoms with Crippen LogP contribution in [0.2, 0.25) is 5.02 Å². The van der Waals surface area contributed by atoms with Crippen molar-refractivity contribution < 1.29 is 9.13 Å². The number of ether oxygens (including phenoxy) is 1. The minimum Gasteiger partial charge on any atom is -0.497 e. The smallest absolute Gasteiger partial charge is 0.127 e. The highest BCUT2D eigenvalue weighted by atomic mass is 35.5. The van der Waals surface area contributed by atoms with Crippen LogP contribution in [0.5, 0.6) is 5.75 Å². The van der Waals surface area contributed by atoms with E-state index in [4.69, 9.17) is 22.1 Å². The van der Waals surface area contributed by atoms with E-state index in [0.29, 0.717) is 17.0 Å². The van der Waals surface area contributed by atoms with Gasteiger partial charge in [0.15, 0.2) is 0 Å². The Balaban J connectivity index is 2.35. The first-order valence-corrected chi connectivity index (χ1v) is 6.68. The molecule has 2 rings (SSSR count). The standard InChI is InChI=1S/C16H17ClFNO/c1-16(19,11-5-3-6-12(9-11)20-2)10-13-14(17)7-4-8-15(13)18/h3-9H,10,19H2,1-2H3. The minimum absolute atomic E-state index is 0.311. The molecule has 2 aromatic carbocycles. The fourth-order valence-corrected chi connectivity index (χ4v) is 2.38. The van der Waals surface area contributed by atoms with Crippen molar-refractivity contribution >= 4 is 11.6 Å². The lowest BCUT2D eigenvalue weighted by Crippen LogP contribution is -2.35. The number of nitrogens with two attached hydrogens (primary N) is 1. The molecule has 4 heteroatoms. The predicted octanol–water partition coefficient (Wildman–Crippen LogP) is 3.90. The zero-order valence-corrected chi connectivity index (χ0v) is 12.2. The molecule has 0 radical (unpaired) electrons. The maximum absolute atomic E-state index is 13.9. The Morgan fingerprint density at radius 3 is 2.60 bits per heavy atom. The lowest BCUT2D eigenvalue weighted by molar-refractivity contribution is 0.410. The summed E-state index contributed by atoms with van der Waals surface area (Å²) in [6.45, 7) is 1.85. The van der Waals surface area contributed by atoms with Gasteiger partial charge in [-0.1, -0.05) is 29.8 Å². The van der Waals surface area contributed by atoms with Gasteiger partial charge in [0.05, 0.1) is 7.11 Å². The van der Waals surface area contributed by atoms with E-state index < -0.39 is 5.54 Å². The molecular weight excluding hydrogens is 277 g/mol. The second kappa shape index (κ2) is 5.81. The molecule has 0 amide bonds. The summed E-state index contributed by atoms with van der Waals surface area (Å²) in [7, 11) is 1.60. The van der Waals surface area contributed by atoms with Crippen LogP contribution in [0.3, 0.4) is 0 Å². The van der Waals surface area contributed by atoms with Gasteiger partial charge in [0.25, 0.3) is 0 Å². The lowest BCUT2D eigenvalue weighted by atomic mass is 9.86. The van der Waals surface area contributed by atoms with Crippen molar-refractivity contribution in [2.75, 3.05) is 7.11 Å². The van der Waals surface area contributed by atoms with E-state index in [1.165, 1.54) is 6.07 Å². The second-order valence-electron chi connectivity index (χ2n) is 5.03. The largest absolute Gasteiger partial charge is 0.497 e. The zero-order valence-electron chi connectivity index (χ0n) is 11.5. The molecule has 0 spiro atoms. The Hall–Kier alpha value is -1.58. The normalized spacial score (nSPS) is 13.8. The van der Waals surface area contributed by atoms with Crippen LogP contribution in [0.1, 0.15) is 18.1 Å². The SMILES string of the molecule is COc1cccc(C(C)(N)Cc2c(F)cccc2Cl)c1. The van der Waals surface area contributed by atoms with E-state index in [9.17, 15) is 4.39 Å². The molecule has 0 aliphatic carbocycles. The van der Waals surface area contributed by atoms with Crippen LogP contribution in [0.15, 0.2) is 42.5 Å². The first-order valence-electron chi connectivity index (χ1n) is 6.30. The molecule has 0 heterocycles.